The van der Waals surface area contributed by atoms with E-state index in [0.29, 0.717) is 42.5 Å². The Morgan fingerprint density at radius 3 is 2.45 bits per heavy atom. The molecule has 0 bridgehead atoms. The second-order valence-electron chi connectivity index (χ2n) is 7.72. The highest BCUT2D eigenvalue weighted by Crippen LogP contribution is 2.24. The Hall–Kier alpha value is -3.21. The summed E-state index contributed by atoms with van der Waals surface area (Å²) < 4.78 is 30.5. The minimum Gasteiger partial charge on any atom is -0.278 e. The molecule has 0 radical (unpaired) electrons. The van der Waals surface area contributed by atoms with Gasteiger partial charge in [0.25, 0.3) is 5.56 Å². The Kier molecular flexibility index (Phi) is 6.77. The summed E-state index contributed by atoms with van der Waals surface area (Å²) in [7, 11) is 0. The normalized spacial score (nSPS) is 12.8. The highest BCUT2D eigenvalue weighted by atomic mass is 35.5. The van der Waals surface area contributed by atoms with Crippen molar-refractivity contribution >= 4 is 22.6 Å². The molecule has 0 atom stereocenters. The van der Waals surface area contributed by atoms with Crippen LogP contribution in [0.4, 0.5) is 14.6 Å². The fourth-order valence-electron chi connectivity index (χ4n) is 3.72. The van der Waals surface area contributed by atoms with Gasteiger partial charge in [-0.1, -0.05) is 31.0 Å². The van der Waals surface area contributed by atoms with E-state index >= 15 is 0 Å². The molecule has 0 unspecified atom stereocenters. The minimum atomic E-state index is -0.769. The number of rotatable bonds is 9. The Morgan fingerprint density at radius 2 is 1.73 bits per heavy atom. The molecule has 3 aromatic rings. The summed E-state index contributed by atoms with van der Waals surface area (Å²) in [6, 6.07) is 3.51. The van der Waals surface area contributed by atoms with Gasteiger partial charge in [0.05, 0.1) is 17.7 Å². The maximum atomic E-state index is 13.9. The molecule has 0 spiro atoms. The molecule has 1 aromatic carbocycles. The Morgan fingerprint density at radius 1 is 1.03 bits per heavy atom. The van der Waals surface area contributed by atoms with E-state index in [4.69, 9.17) is 11.6 Å². The van der Waals surface area contributed by atoms with Crippen molar-refractivity contribution in [3.05, 3.63) is 56.2 Å². The molecule has 0 fully saturated rings. The quantitative estimate of drug-likeness (QED) is 0.441. The van der Waals surface area contributed by atoms with E-state index in [9.17, 15) is 18.4 Å². The lowest BCUT2D eigenvalue weighted by molar-refractivity contribution is 0.454. The highest BCUT2D eigenvalue weighted by Gasteiger charge is 2.24. The molecule has 174 valence electrons. The minimum absolute atomic E-state index is 0.142. The summed E-state index contributed by atoms with van der Waals surface area (Å²) in [6.07, 6.45) is 2.90. The lowest BCUT2D eigenvalue weighted by Crippen LogP contribution is -2.41. The monoisotopic (exact) mass is 477 g/mol. The second-order valence-corrected chi connectivity index (χ2v) is 8.16. The van der Waals surface area contributed by atoms with Gasteiger partial charge in [-0.25, -0.2) is 18.6 Å². The summed E-state index contributed by atoms with van der Waals surface area (Å²) >= 11 is 6.04. The topological polar surface area (TPSA) is 100.0 Å². The van der Waals surface area contributed by atoms with Gasteiger partial charge in [-0.05, 0) is 36.6 Å². The Balaban J connectivity index is 1.45. The molecule has 9 nitrogen and oxygen atoms in total. The molecule has 2 aromatic heterocycles. The van der Waals surface area contributed by atoms with Gasteiger partial charge in [-0.3, -0.25) is 13.9 Å². The first-order valence-corrected chi connectivity index (χ1v) is 11.1. The fourth-order valence-corrected chi connectivity index (χ4v) is 3.93. The number of aliphatic imine (C=N–C) groups is 1. The van der Waals surface area contributed by atoms with Crippen LogP contribution in [0.3, 0.4) is 0 Å². The van der Waals surface area contributed by atoms with Crippen molar-refractivity contribution < 1.29 is 8.78 Å². The molecule has 4 rings (SSSR count). The van der Waals surface area contributed by atoms with Crippen molar-refractivity contribution in [2.45, 2.75) is 58.7 Å². The zero-order valence-corrected chi connectivity index (χ0v) is 18.7. The third-order valence-electron chi connectivity index (χ3n) is 5.40. The summed E-state index contributed by atoms with van der Waals surface area (Å²) in [4.78, 5) is 31.2. The number of benzene rings is 1. The number of aryl methyl sites for hydroxylation is 1. The van der Waals surface area contributed by atoms with Crippen LogP contribution < -0.4 is 11.2 Å². The van der Waals surface area contributed by atoms with Crippen molar-refractivity contribution in [1.82, 2.24) is 29.3 Å². The standard InChI is InChI=1S/C21H22ClF2N7O2/c1-2-3-9-29-19-13(12-16(22)25-19)20(32)30(21(29)33)10-4-5-11-31-27-18(26-28-31)17-14(23)7-6-8-15(17)24/h6-8H,2-5,9-12H2,1H3. The SMILES string of the molecule is CCCCn1c2c(c(=O)n(CCCCn3nnc(-c4c(F)cccc4F)n3)c1=O)CC(Cl)=N2. The van der Waals surface area contributed by atoms with Crippen molar-refractivity contribution in [2.75, 3.05) is 0 Å². The van der Waals surface area contributed by atoms with Crippen LogP contribution in [0, 0.1) is 11.6 Å². The molecule has 3 heterocycles. The maximum Gasteiger partial charge on any atom is 0.332 e. The van der Waals surface area contributed by atoms with E-state index < -0.39 is 17.3 Å². The molecular weight excluding hydrogens is 456 g/mol. The first-order chi connectivity index (χ1) is 15.9. The number of hydrogen-bond acceptors (Lipinski definition) is 6. The largest absolute Gasteiger partial charge is 0.332 e. The van der Waals surface area contributed by atoms with Gasteiger partial charge < -0.3 is 0 Å². The molecule has 0 N–H and O–H groups in total. The summed E-state index contributed by atoms with van der Waals surface area (Å²) in [5.74, 6) is -1.32. The smallest absolute Gasteiger partial charge is 0.278 e. The molecule has 0 amide bonds. The van der Waals surface area contributed by atoms with E-state index in [2.05, 4.69) is 20.4 Å². The molecule has 1 aliphatic heterocycles. The average molecular weight is 478 g/mol. The predicted molar refractivity (Wildman–Crippen MR) is 119 cm³/mol. The third-order valence-corrected chi connectivity index (χ3v) is 5.62. The van der Waals surface area contributed by atoms with Crippen LogP contribution in [0.1, 0.15) is 38.2 Å². The second kappa shape index (κ2) is 9.74. The van der Waals surface area contributed by atoms with Gasteiger partial charge in [0, 0.05) is 19.5 Å². The van der Waals surface area contributed by atoms with Crippen LogP contribution in [0.25, 0.3) is 11.4 Å². The molecule has 0 saturated carbocycles. The lowest BCUT2D eigenvalue weighted by Gasteiger charge is -2.13. The average Bonchev–Trinajstić information content (AvgIpc) is 3.40. The van der Waals surface area contributed by atoms with E-state index in [1.165, 1.54) is 20.0 Å². The summed E-state index contributed by atoms with van der Waals surface area (Å²) in [5.41, 5.74) is -0.677. The van der Waals surface area contributed by atoms with E-state index in [0.717, 1.165) is 25.0 Å². The predicted octanol–water partition coefficient (Wildman–Crippen LogP) is 3.05. The van der Waals surface area contributed by atoms with Crippen LogP contribution in [0.2, 0.25) is 0 Å². The van der Waals surface area contributed by atoms with E-state index in [1.807, 2.05) is 6.92 Å². The fraction of sp³-hybridized carbons (Fsp3) is 0.429. The van der Waals surface area contributed by atoms with Crippen molar-refractivity contribution in [1.29, 1.82) is 0 Å². The van der Waals surface area contributed by atoms with E-state index in [-0.39, 0.29) is 29.9 Å². The van der Waals surface area contributed by atoms with Gasteiger partial charge in [-0.15, -0.1) is 10.2 Å². The van der Waals surface area contributed by atoms with Crippen molar-refractivity contribution in [2.24, 2.45) is 4.99 Å². The molecule has 33 heavy (non-hydrogen) atoms. The number of nitrogens with zero attached hydrogens (tertiary/aromatic N) is 7. The zero-order chi connectivity index (χ0) is 23.5. The number of aromatic nitrogens is 6. The van der Waals surface area contributed by atoms with Gasteiger partial charge in [0.1, 0.15) is 22.6 Å². The van der Waals surface area contributed by atoms with Crippen molar-refractivity contribution in [3.63, 3.8) is 0 Å². The van der Waals surface area contributed by atoms with Crippen molar-refractivity contribution in [3.8, 4) is 11.4 Å². The number of hydrogen-bond donors (Lipinski definition) is 0. The highest BCUT2D eigenvalue weighted by molar-refractivity contribution is 6.66. The first kappa shape index (κ1) is 23.0. The number of tetrazole rings is 1. The molecular formula is C21H22ClF2N7O2. The zero-order valence-electron chi connectivity index (χ0n) is 18.0. The van der Waals surface area contributed by atoms with Gasteiger partial charge in [0.15, 0.2) is 0 Å². The molecule has 12 heteroatoms. The summed E-state index contributed by atoms with van der Waals surface area (Å²) in [6.45, 7) is 2.99. The molecule has 0 saturated heterocycles. The van der Waals surface area contributed by atoms with Crippen LogP contribution in [-0.4, -0.2) is 34.5 Å². The molecule has 1 aliphatic rings. The number of halogens is 3. The molecule has 0 aliphatic carbocycles. The van der Waals surface area contributed by atoms with E-state index in [1.54, 1.807) is 0 Å². The van der Waals surface area contributed by atoms with Crippen LogP contribution in [0.5, 0.6) is 0 Å². The van der Waals surface area contributed by atoms with Gasteiger partial charge in [-0.2, -0.15) is 4.80 Å². The van der Waals surface area contributed by atoms with Crippen LogP contribution in [-0.2, 0) is 26.1 Å². The number of unbranched alkanes of at least 4 members (excludes halogenated alkanes) is 2. The van der Waals surface area contributed by atoms with Crippen LogP contribution in [0.15, 0.2) is 32.8 Å². The summed E-state index contributed by atoms with van der Waals surface area (Å²) in [5, 5.41) is 11.9. The van der Waals surface area contributed by atoms with Gasteiger partial charge >= 0.3 is 5.69 Å². The maximum absolute atomic E-state index is 13.9. The first-order valence-electron chi connectivity index (χ1n) is 10.7. The number of fused-ring (bicyclic) bond motifs is 1. The Labute approximate surface area is 192 Å². The lowest BCUT2D eigenvalue weighted by atomic mass is 10.2. The van der Waals surface area contributed by atoms with Gasteiger partial charge in [0.2, 0.25) is 5.82 Å². The Bertz CT molecular complexity index is 1310. The third kappa shape index (κ3) is 4.63. The van der Waals surface area contributed by atoms with Crippen LogP contribution >= 0.6 is 11.6 Å².